The molecule has 1 aliphatic rings. The predicted molar refractivity (Wildman–Crippen MR) is 161 cm³/mol. The number of amides is 1. The molecule has 0 spiro atoms. The summed E-state index contributed by atoms with van der Waals surface area (Å²) in [4.78, 5) is 16.0. The summed E-state index contributed by atoms with van der Waals surface area (Å²) in [5.41, 5.74) is 1.94. The van der Waals surface area contributed by atoms with Gasteiger partial charge in [-0.25, -0.2) is 13.2 Å². The number of nitrogens with zero attached hydrogens (tertiary/aromatic N) is 4. The van der Waals surface area contributed by atoms with E-state index in [1.165, 1.54) is 18.2 Å². The number of sulfonamides is 1. The Morgan fingerprint density at radius 1 is 1.04 bits per heavy atom. The third-order valence-electron chi connectivity index (χ3n) is 7.18. The number of nitrogens with one attached hydrogen (secondary N) is 1. The number of benzene rings is 2. The van der Waals surface area contributed by atoms with E-state index in [9.17, 15) is 23.4 Å². The van der Waals surface area contributed by atoms with Gasteiger partial charge in [0.1, 0.15) is 17.1 Å². The Bertz CT molecular complexity index is 1750. The van der Waals surface area contributed by atoms with Crippen LogP contribution in [0.25, 0.3) is 11.5 Å². The molecule has 46 heavy (non-hydrogen) atoms. The first kappa shape index (κ1) is 32.7. The van der Waals surface area contributed by atoms with Gasteiger partial charge in [-0.2, -0.15) is 9.29 Å². The number of carboxylic acid groups (broad SMARTS) is 1. The Morgan fingerprint density at radius 2 is 1.78 bits per heavy atom. The first-order valence-corrected chi connectivity index (χ1v) is 15.9. The van der Waals surface area contributed by atoms with Gasteiger partial charge < -0.3 is 38.8 Å². The standard InChI is InChI=1S/C30H35N5O10S/c1-17(2)13-35(46(39,40)22-9-10-25-26(12-22)43-16-42-25)14-24(36)23(31-30(37)38)11-20-5-7-21(8-6-20)41-15-27-32-29(45-34-27)28-18(3)33-44-19(28)4/h5-10,12,17,23-24,31,36H,11,13-16H2,1-4H3,(H,37,38)/t23-,24+/m0/s1. The molecule has 0 bridgehead atoms. The molecule has 15 nitrogen and oxygen atoms in total. The average Bonchev–Trinajstić information content (AvgIpc) is 3.75. The smallest absolute Gasteiger partial charge is 0.404 e. The van der Waals surface area contributed by atoms with Crippen LogP contribution in [0.1, 0.15) is 36.7 Å². The molecule has 0 fully saturated rings. The van der Waals surface area contributed by atoms with Crippen molar-refractivity contribution < 1.29 is 46.7 Å². The summed E-state index contributed by atoms with van der Waals surface area (Å²) >= 11 is 0. The summed E-state index contributed by atoms with van der Waals surface area (Å²) < 4.78 is 55.3. The normalized spacial score (nSPS) is 14.1. The fourth-order valence-electron chi connectivity index (χ4n) is 4.97. The van der Waals surface area contributed by atoms with Gasteiger partial charge in [0.2, 0.25) is 22.6 Å². The molecule has 0 unspecified atom stereocenters. The number of aromatic nitrogens is 3. The number of ether oxygens (including phenoxy) is 3. The number of hydrogen-bond donors (Lipinski definition) is 3. The number of carbonyl (C=O) groups is 1. The van der Waals surface area contributed by atoms with Gasteiger partial charge in [-0.05, 0) is 56.0 Å². The van der Waals surface area contributed by atoms with Gasteiger partial charge in [-0.1, -0.05) is 36.3 Å². The van der Waals surface area contributed by atoms with E-state index in [0.717, 1.165) is 4.31 Å². The molecule has 1 aliphatic heterocycles. The van der Waals surface area contributed by atoms with Gasteiger partial charge in [-0.3, -0.25) is 0 Å². The molecular formula is C30H35N5O10S. The van der Waals surface area contributed by atoms with E-state index in [-0.39, 0.29) is 49.6 Å². The van der Waals surface area contributed by atoms with Crippen LogP contribution in [-0.2, 0) is 23.1 Å². The lowest BCUT2D eigenvalue weighted by Crippen LogP contribution is -2.50. The van der Waals surface area contributed by atoms with Crippen LogP contribution in [0.15, 0.2) is 56.4 Å². The SMILES string of the molecule is Cc1noc(C)c1-c1nc(COc2ccc(C[C@H](NC(=O)O)[C@H](O)CN(CC(C)C)S(=O)(=O)c3ccc4c(c3)OCO4)cc2)no1. The topological polar surface area (TPSA) is 200 Å². The minimum atomic E-state index is -4.08. The van der Waals surface area contributed by atoms with E-state index >= 15 is 0 Å². The average molecular weight is 658 g/mol. The highest BCUT2D eigenvalue weighted by Crippen LogP contribution is 2.35. The van der Waals surface area contributed by atoms with Crippen molar-refractivity contribution in [1.29, 1.82) is 0 Å². The molecule has 16 heteroatoms. The predicted octanol–water partition coefficient (Wildman–Crippen LogP) is 3.54. The van der Waals surface area contributed by atoms with Crippen molar-refractivity contribution in [1.82, 2.24) is 24.9 Å². The molecule has 2 aromatic heterocycles. The zero-order valence-corrected chi connectivity index (χ0v) is 26.5. The van der Waals surface area contributed by atoms with E-state index in [2.05, 4.69) is 20.6 Å². The van der Waals surface area contributed by atoms with Crippen molar-refractivity contribution >= 4 is 16.1 Å². The molecule has 3 heterocycles. The maximum Gasteiger partial charge on any atom is 0.404 e. The molecule has 0 saturated carbocycles. The molecule has 0 radical (unpaired) electrons. The van der Waals surface area contributed by atoms with Crippen LogP contribution < -0.4 is 19.5 Å². The Kier molecular flexibility index (Phi) is 9.79. The molecule has 4 aromatic rings. The summed E-state index contributed by atoms with van der Waals surface area (Å²) in [6.45, 7) is 6.99. The molecule has 0 aliphatic carbocycles. The fourth-order valence-corrected chi connectivity index (χ4v) is 6.61. The summed E-state index contributed by atoms with van der Waals surface area (Å²) in [6.07, 6.45) is -2.65. The van der Waals surface area contributed by atoms with Gasteiger partial charge in [0.05, 0.1) is 22.7 Å². The van der Waals surface area contributed by atoms with E-state index in [1.54, 1.807) is 38.1 Å². The Balaban J connectivity index is 1.24. The number of aryl methyl sites for hydroxylation is 2. The van der Waals surface area contributed by atoms with Crippen molar-refractivity contribution in [2.75, 3.05) is 19.9 Å². The second-order valence-electron chi connectivity index (χ2n) is 11.2. The maximum absolute atomic E-state index is 13.6. The van der Waals surface area contributed by atoms with Crippen LogP contribution in [-0.4, -0.2) is 76.4 Å². The molecular weight excluding hydrogens is 622 g/mol. The monoisotopic (exact) mass is 657 g/mol. The van der Waals surface area contributed by atoms with Crippen LogP contribution in [0.5, 0.6) is 17.2 Å². The minimum Gasteiger partial charge on any atom is -0.485 e. The summed E-state index contributed by atoms with van der Waals surface area (Å²) in [6, 6.07) is 10.1. The third kappa shape index (κ3) is 7.58. The Labute approximate surface area is 265 Å². The zero-order chi connectivity index (χ0) is 33.0. The molecule has 2 aromatic carbocycles. The van der Waals surface area contributed by atoms with Crippen molar-refractivity contribution in [2.45, 2.75) is 57.8 Å². The van der Waals surface area contributed by atoms with Crippen molar-refractivity contribution in [2.24, 2.45) is 5.92 Å². The van der Waals surface area contributed by atoms with Crippen LogP contribution in [0.2, 0.25) is 0 Å². The molecule has 1 amide bonds. The largest absolute Gasteiger partial charge is 0.485 e. The number of aliphatic hydroxyl groups excluding tert-OH is 1. The molecule has 246 valence electrons. The highest BCUT2D eigenvalue weighted by Gasteiger charge is 2.32. The highest BCUT2D eigenvalue weighted by molar-refractivity contribution is 7.89. The first-order chi connectivity index (χ1) is 21.9. The maximum atomic E-state index is 13.6. The number of fused-ring (bicyclic) bond motifs is 1. The second-order valence-corrected chi connectivity index (χ2v) is 13.1. The second kappa shape index (κ2) is 13.8. The molecule has 2 atom stereocenters. The lowest BCUT2D eigenvalue weighted by molar-refractivity contribution is 0.0980. The number of hydrogen-bond acceptors (Lipinski definition) is 12. The highest BCUT2D eigenvalue weighted by atomic mass is 32.2. The fraction of sp³-hybridized carbons (Fsp3) is 0.400. The molecule has 3 N–H and O–H groups in total. The number of rotatable bonds is 14. The first-order valence-electron chi connectivity index (χ1n) is 14.5. The van der Waals surface area contributed by atoms with E-state index in [0.29, 0.717) is 45.7 Å². The van der Waals surface area contributed by atoms with Gasteiger partial charge in [0, 0.05) is 19.2 Å². The quantitative estimate of drug-likeness (QED) is 0.178. The summed E-state index contributed by atoms with van der Waals surface area (Å²) in [5.74, 6) is 2.31. The van der Waals surface area contributed by atoms with Crippen molar-refractivity contribution in [3.8, 4) is 28.7 Å². The Hall–Kier alpha value is -4.67. The van der Waals surface area contributed by atoms with E-state index in [1.807, 2.05) is 13.8 Å². The lowest BCUT2D eigenvalue weighted by atomic mass is 10.0. The van der Waals surface area contributed by atoms with Gasteiger partial charge in [0.25, 0.3) is 5.89 Å². The molecule has 0 saturated heterocycles. The van der Waals surface area contributed by atoms with Crippen LogP contribution >= 0.6 is 0 Å². The van der Waals surface area contributed by atoms with Crippen LogP contribution in [0.4, 0.5) is 4.79 Å². The lowest BCUT2D eigenvalue weighted by Gasteiger charge is -2.30. The minimum absolute atomic E-state index is 0.00705. The summed E-state index contributed by atoms with van der Waals surface area (Å²) in [7, 11) is -4.08. The molecule has 5 rings (SSSR count). The van der Waals surface area contributed by atoms with Gasteiger partial charge >= 0.3 is 6.09 Å². The van der Waals surface area contributed by atoms with E-state index in [4.69, 9.17) is 23.3 Å². The van der Waals surface area contributed by atoms with E-state index < -0.39 is 28.3 Å². The van der Waals surface area contributed by atoms with Crippen molar-refractivity contribution in [3.05, 3.63) is 65.3 Å². The van der Waals surface area contributed by atoms with Crippen LogP contribution in [0, 0.1) is 19.8 Å². The third-order valence-corrected chi connectivity index (χ3v) is 9.00. The summed E-state index contributed by atoms with van der Waals surface area (Å²) in [5, 5.41) is 30.9. The van der Waals surface area contributed by atoms with Crippen molar-refractivity contribution in [3.63, 3.8) is 0 Å². The zero-order valence-electron chi connectivity index (χ0n) is 25.7. The number of aliphatic hydroxyl groups is 1. The Morgan fingerprint density at radius 3 is 2.46 bits per heavy atom. The van der Waals surface area contributed by atoms with Gasteiger partial charge in [-0.15, -0.1) is 0 Å². The van der Waals surface area contributed by atoms with Crippen LogP contribution in [0.3, 0.4) is 0 Å². The van der Waals surface area contributed by atoms with Gasteiger partial charge in [0.15, 0.2) is 18.1 Å².